The highest BCUT2D eigenvalue weighted by Crippen LogP contribution is 2.21. The fourth-order valence-electron chi connectivity index (χ4n) is 2.30. The number of benzene rings is 1. The zero-order valence-electron chi connectivity index (χ0n) is 15.6. The first-order valence-electron chi connectivity index (χ1n) is 8.80. The normalized spacial score (nSPS) is 11.0. The van der Waals surface area contributed by atoms with Crippen LogP contribution in [0.5, 0.6) is 5.75 Å². The molecule has 1 aromatic carbocycles. The summed E-state index contributed by atoms with van der Waals surface area (Å²) >= 11 is 0. The largest absolute Gasteiger partial charge is 0.514 e. The molecule has 0 radical (unpaired) electrons. The molecule has 0 aliphatic carbocycles. The van der Waals surface area contributed by atoms with Crippen LogP contribution in [-0.4, -0.2) is 23.8 Å². The molecule has 25 heavy (non-hydrogen) atoms. The van der Waals surface area contributed by atoms with Gasteiger partial charge in [0.2, 0.25) is 0 Å². The van der Waals surface area contributed by atoms with Gasteiger partial charge in [-0.1, -0.05) is 32.6 Å². The van der Waals surface area contributed by atoms with Crippen LogP contribution in [0.3, 0.4) is 0 Å². The number of rotatable bonds is 9. The molecule has 0 saturated heterocycles. The third-order valence-electron chi connectivity index (χ3n) is 3.55. The molecule has 0 fully saturated rings. The van der Waals surface area contributed by atoms with Crippen molar-refractivity contribution in [3.63, 3.8) is 0 Å². The maximum atomic E-state index is 12.2. The van der Waals surface area contributed by atoms with Gasteiger partial charge in [-0.3, -0.25) is 9.59 Å². The summed E-state index contributed by atoms with van der Waals surface area (Å²) in [4.78, 5) is 35.2. The number of Topliss-reactive ketones (excluding diaryl/α,β-unsaturated/α-hetero) is 1. The van der Waals surface area contributed by atoms with Crippen LogP contribution in [-0.2, 0) is 4.74 Å². The molecule has 1 aromatic rings. The molecule has 0 aliphatic heterocycles. The van der Waals surface area contributed by atoms with Gasteiger partial charge in [0.1, 0.15) is 11.4 Å². The van der Waals surface area contributed by atoms with Crippen molar-refractivity contribution >= 4 is 18.2 Å². The maximum absolute atomic E-state index is 12.2. The van der Waals surface area contributed by atoms with E-state index in [2.05, 4.69) is 6.92 Å². The Kier molecular flexibility index (Phi) is 8.32. The van der Waals surface area contributed by atoms with E-state index in [1.54, 1.807) is 26.8 Å². The number of hydrogen-bond acceptors (Lipinski definition) is 5. The Bertz CT molecular complexity index is 599. The fraction of sp³-hybridized carbons (Fsp3) is 0.550. The number of carbonyl (C=O) groups is 3. The van der Waals surface area contributed by atoms with Gasteiger partial charge >= 0.3 is 6.16 Å². The number of ketones is 1. The van der Waals surface area contributed by atoms with Gasteiger partial charge in [0.25, 0.3) is 0 Å². The Balaban J connectivity index is 2.69. The van der Waals surface area contributed by atoms with Crippen LogP contribution >= 0.6 is 0 Å². The third kappa shape index (κ3) is 7.96. The lowest BCUT2D eigenvalue weighted by atomic mass is 10.0. The average molecular weight is 348 g/mol. The number of carbonyl (C=O) groups excluding carboxylic acids is 3. The van der Waals surface area contributed by atoms with Crippen molar-refractivity contribution in [1.29, 1.82) is 0 Å². The summed E-state index contributed by atoms with van der Waals surface area (Å²) in [7, 11) is 0. The average Bonchev–Trinajstić information content (AvgIpc) is 2.53. The van der Waals surface area contributed by atoms with E-state index in [0.717, 1.165) is 25.7 Å². The molecule has 0 unspecified atom stereocenters. The van der Waals surface area contributed by atoms with E-state index in [-0.39, 0.29) is 17.1 Å². The molecule has 0 N–H and O–H groups in total. The lowest BCUT2D eigenvalue weighted by molar-refractivity contribution is 0.0205. The van der Waals surface area contributed by atoms with Crippen molar-refractivity contribution in [3.8, 4) is 5.75 Å². The summed E-state index contributed by atoms with van der Waals surface area (Å²) in [6.45, 7) is 7.30. The maximum Gasteiger partial charge on any atom is 0.514 e. The SMILES string of the molecule is CCCCCCCC(=O)c1ccc(OC(=O)OC(C)(C)C)c(C=O)c1. The second-order valence-electron chi connectivity index (χ2n) is 7.02. The van der Waals surface area contributed by atoms with Crippen LogP contribution < -0.4 is 4.74 Å². The lowest BCUT2D eigenvalue weighted by Gasteiger charge is -2.19. The van der Waals surface area contributed by atoms with Crippen molar-refractivity contribution in [1.82, 2.24) is 0 Å². The lowest BCUT2D eigenvalue weighted by Crippen LogP contribution is -2.26. The number of aldehydes is 1. The predicted molar refractivity (Wildman–Crippen MR) is 96.4 cm³/mol. The first-order chi connectivity index (χ1) is 11.8. The van der Waals surface area contributed by atoms with Crippen LogP contribution in [0, 0.1) is 0 Å². The molecule has 0 aliphatic rings. The molecule has 0 heterocycles. The van der Waals surface area contributed by atoms with Gasteiger partial charge in [-0.05, 0) is 45.4 Å². The van der Waals surface area contributed by atoms with Crippen LogP contribution in [0.4, 0.5) is 4.79 Å². The number of unbranched alkanes of at least 4 members (excludes halogenated alkanes) is 4. The Morgan fingerprint density at radius 2 is 1.76 bits per heavy atom. The van der Waals surface area contributed by atoms with Crippen LogP contribution in [0.25, 0.3) is 0 Å². The highest BCUT2D eigenvalue weighted by molar-refractivity contribution is 5.98. The molecule has 0 amide bonds. The predicted octanol–water partition coefficient (Wildman–Crippen LogP) is 5.36. The number of ether oxygens (including phenoxy) is 2. The van der Waals surface area contributed by atoms with E-state index in [4.69, 9.17) is 9.47 Å². The van der Waals surface area contributed by atoms with Crippen molar-refractivity contribution in [2.24, 2.45) is 0 Å². The molecule has 0 atom stereocenters. The third-order valence-corrected chi connectivity index (χ3v) is 3.55. The second-order valence-corrected chi connectivity index (χ2v) is 7.02. The molecule has 0 aromatic heterocycles. The quantitative estimate of drug-likeness (QED) is 0.198. The van der Waals surface area contributed by atoms with Crippen molar-refractivity contribution < 1.29 is 23.9 Å². The smallest absolute Gasteiger partial charge is 0.428 e. The van der Waals surface area contributed by atoms with E-state index in [0.29, 0.717) is 18.3 Å². The molecule has 138 valence electrons. The molecule has 0 saturated carbocycles. The molecular weight excluding hydrogens is 320 g/mol. The highest BCUT2D eigenvalue weighted by atomic mass is 16.7. The topological polar surface area (TPSA) is 69.7 Å². The molecular formula is C20H28O5. The van der Waals surface area contributed by atoms with E-state index in [1.165, 1.54) is 18.6 Å². The Labute approximate surface area is 149 Å². The van der Waals surface area contributed by atoms with E-state index < -0.39 is 11.8 Å². The fourth-order valence-corrected chi connectivity index (χ4v) is 2.30. The van der Waals surface area contributed by atoms with Gasteiger partial charge in [-0.15, -0.1) is 0 Å². The van der Waals surface area contributed by atoms with Crippen LogP contribution in [0.2, 0.25) is 0 Å². The van der Waals surface area contributed by atoms with Gasteiger partial charge in [0, 0.05) is 12.0 Å². The molecule has 0 bridgehead atoms. The summed E-state index contributed by atoms with van der Waals surface area (Å²) < 4.78 is 10.1. The van der Waals surface area contributed by atoms with Gasteiger partial charge in [0.15, 0.2) is 12.1 Å². The first-order valence-corrected chi connectivity index (χ1v) is 8.80. The Morgan fingerprint density at radius 1 is 1.08 bits per heavy atom. The summed E-state index contributed by atoms with van der Waals surface area (Å²) in [6, 6.07) is 4.49. The van der Waals surface area contributed by atoms with Crippen LogP contribution in [0.15, 0.2) is 18.2 Å². The minimum absolute atomic E-state index is 0.0107. The highest BCUT2D eigenvalue weighted by Gasteiger charge is 2.19. The number of hydrogen-bond donors (Lipinski definition) is 0. The molecule has 5 nitrogen and oxygen atoms in total. The van der Waals surface area contributed by atoms with E-state index >= 15 is 0 Å². The van der Waals surface area contributed by atoms with Crippen molar-refractivity contribution in [3.05, 3.63) is 29.3 Å². The standard InChI is InChI=1S/C20H28O5/c1-5-6-7-8-9-10-17(22)15-11-12-18(16(13-15)14-21)24-19(23)25-20(2,3)4/h11-14H,5-10H2,1-4H3. The Morgan fingerprint density at radius 3 is 2.36 bits per heavy atom. The van der Waals surface area contributed by atoms with E-state index in [1.807, 2.05) is 0 Å². The van der Waals surface area contributed by atoms with Gasteiger partial charge < -0.3 is 9.47 Å². The zero-order valence-corrected chi connectivity index (χ0v) is 15.6. The summed E-state index contributed by atoms with van der Waals surface area (Å²) in [5.41, 5.74) is -0.0802. The van der Waals surface area contributed by atoms with Crippen molar-refractivity contribution in [2.45, 2.75) is 71.8 Å². The second kappa shape index (κ2) is 9.97. The first kappa shape index (κ1) is 20.9. The summed E-state index contributed by atoms with van der Waals surface area (Å²) in [6.07, 6.45) is 5.48. The minimum atomic E-state index is -0.884. The van der Waals surface area contributed by atoms with Gasteiger partial charge in [0.05, 0.1) is 5.56 Å². The minimum Gasteiger partial charge on any atom is -0.428 e. The van der Waals surface area contributed by atoms with Crippen LogP contribution in [0.1, 0.15) is 86.9 Å². The molecule has 0 spiro atoms. The summed E-state index contributed by atoms with van der Waals surface area (Å²) in [5, 5.41) is 0. The monoisotopic (exact) mass is 348 g/mol. The molecule has 1 rings (SSSR count). The summed E-state index contributed by atoms with van der Waals surface area (Å²) in [5.74, 6) is 0.0761. The van der Waals surface area contributed by atoms with E-state index in [9.17, 15) is 14.4 Å². The Hall–Kier alpha value is -2.17. The zero-order chi connectivity index (χ0) is 18.9. The molecule has 5 heteroatoms. The van der Waals surface area contributed by atoms with Crippen molar-refractivity contribution in [2.75, 3.05) is 0 Å². The van der Waals surface area contributed by atoms with Gasteiger partial charge in [-0.2, -0.15) is 0 Å². The van der Waals surface area contributed by atoms with Gasteiger partial charge in [-0.25, -0.2) is 4.79 Å².